The van der Waals surface area contributed by atoms with Crippen LogP contribution in [0.4, 0.5) is 0 Å². The van der Waals surface area contributed by atoms with E-state index >= 15 is 0 Å². The average molecular weight is 256 g/mol. The fourth-order valence-corrected chi connectivity index (χ4v) is 2.75. The normalized spacial score (nSPS) is 20.6. The molecule has 2 heterocycles. The Labute approximate surface area is 114 Å². The summed E-state index contributed by atoms with van der Waals surface area (Å²) >= 11 is 0. The third-order valence-electron chi connectivity index (χ3n) is 3.78. The zero-order valence-corrected chi connectivity index (χ0v) is 11.2. The predicted octanol–water partition coefficient (Wildman–Crippen LogP) is 3.16. The Morgan fingerprint density at radius 1 is 1.26 bits per heavy atom. The maximum atomic E-state index is 5.48. The molecule has 100 valence electrons. The van der Waals surface area contributed by atoms with Gasteiger partial charge < -0.3 is 15.1 Å². The van der Waals surface area contributed by atoms with Gasteiger partial charge in [-0.05, 0) is 43.1 Å². The topological polar surface area (TPSA) is 37.2 Å². The standard InChI is InChI=1S/C16H20N2O/c1-12(16-7-4-10-19-16)18-15-8-9-17-11-13-5-2-3-6-14(13)15/h2-7,10,12,15,17-18H,8-9,11H2,1H3/t12-,15?/m0/s1. The molecule has 3 nitrogen and oxygen atoms in total. The zero-order chi connectivity index (χ0) is 13.1. The first kappa shape index (κ1) is 12.5. The van der Waals surface area contributed by atoms with Crippen LogP contribution >= 0.6 is 0 Å². The predicted molar refractivity (Wildman–Crippen MR) is 75.8 cm³/mol. The van der Waals surface area contributed by atoms with E-state index in [0.717, 1.165) is 25.3 Å². The summed E-state index contributed by atoms with van der Waals surface area (Å²) < 4.78 is 5.48. The van der Waals surface area contributed by atoms with E-state index in [9.17, 15) is 0 Å². The second kappa shape index (κ2) is 5.59. The Hall–Kier alpha value is -1.58. The summed E-state index contributed by atoms with van der Waals surface area (Å²) in [6.07, 6.45) is 2.83. The number of hydrogen-bond donors (Lipinski definition) is 2. The van der Waals surface area contributed by atoms with E-state index in [0.29, 0.717) is 6.04 Å². The van der Waals surface area contributed by atoms with Crippen molar-refractivity contribution in [1.82, 2.24) is 10.6 Å². The molecule has 3 heteroatoms. The lowest BCUT2D eigenvalue weighted by Crippen LogP contribution is -2.25. The van der Waals surface area contributed by atoms with Crippen LogP contribution in [0.2, 0.25) is 0 Å². The van der Waals surface area contributed by atoms with E-state index < -0.39 is 0 Å². The Kier molecular flexibility index (Phi) is 3.67. The van der Waals surface area contributed by atoms with Crippen LogP contribution in [0.5, 0.6) is 0 Å². The minimum Gasteiger partial charge on any atom is -0.468 e. The molecule has 2 N–H and O–H groups in total. The fourth-order valence-electron chi connectivity index (χ4n) is 2.75. The minimum atomic E-state index is 0.228. The first-order valence-electron chi connectivity index (χ1n) is 6.92. The lowest BCUT2D eigenvalue weighted by molar-refractivity contribution is 0.382. The third kappa shape index (κ3) is 2.72. The highest BCUT2D eigenvalue weighted by Gasteiger charge is 2.20. The summed E-state index contributed by atoms with van der Waals surface area (Å²) in [7, 11) is 0. The molecule has 1 aromatic heterocycles. The second-order valence-corrected chi connectivity index (χ2v) is 5.12. The van der Waals surface area contributed by atoms with E-state index in [1.807, 2.05) is 12.1 Å². The van der Waals surface area contributed by atoms with Crippen molar-refractivity contribution in [3.05, 3.63) is 59.5 Å². The number of fused-ring (bicyclic) bond motifs is 1. The molecule has 1 aliphatic rings. The summed E-state index contributed by atoms with van der Waals surface area (Å²) in [6, 6.07) is 13.2. The second-order valence-electron chi connectivity index (χ2n) is 5.12. The van der Waals surface area contributed by atoms with Gasteiger partial charge >= 0.3 is 0 Å². The Morgan fingerprint density at radius 3 is 3.00 bits per heavy atom. The molecule has 0 bridgehead atoms. The molecule has 0 amide bonds. The van der Waals surface area contributed by atoms with Crippen LogP contribution in [-0.2, 0) is 6.54 Å². The molecule has 0 spiro atoms. The van der Waals surface area contributed by atoms with Gasteiger partial charge in [0.05, 0.1) is 12.3 Å². The quantitative estimate of drug-likeness (QED) is 0.885. The SMILES string of the molecule is C[C@H](NC1CCNCc2ccccc21)c1ccco1. The van der Waals surface area contributed by atoms with E-state index in [2.05, 4.69) is 41.8 Å². The number of rotatable bonds is 3. The lowest BCUT2D eigenvalue weighted by atomic mass is 9.98. The summed E-state index contributed by atoms with van der Waals surface area (Å²) in [4.78, 5) is 0. The molecule has 0 aliphatic carbocycles. The smallest absolute Gasteiger partial charge is 0.120 e. The summed E-state index contributed by atoms with van der Waals surface area (Å²) in [5.74, 6) is 0.995. The first-order valence-corrected chi connectivity index (χ1v) is 6.92. The number of hydrogen-bond acceptors (Lipinski definition) is 3. The van der Waals surface area contributed by atoms with Crippen molar-refractivity contribution in [2.75, 3.05) is 6.54 Å². The van der Waals surface area contributed by atoms with Crippen LogP contribution < -0.4 is 10.6 Å². The van der Waals surface area contributed by atoms with Gasteiger partial charge in [0.1, 0.15) is 5.76 Å². The van der Waals surface area contributed by atoms with Crippen LogP contribution in [0.1, 0.15) is 42.3 Å². The molecule has 2 aromatic rings. The van der Waals surface area contributed by atoms with Crippen molar-refractivity contribution in [1.29, 1.82) is 0 Å². The van der Waals surface area contributed by atoms with Gasteiger partial charge in [0.2, 0.25) is 0 Å². The van der Waals surface area contributed by atoms with Gasteiger partial charge in [-0.25, -0.2) is 0 Å². The van der Waals surface area contributed by atoms with Crippen molar-refractivity contribution in [3.8, 4) is 0 Å². The highest BCUT2D eigenvalue weighted by atomic mass is 16.3. The van der Waals surface area contributed by atoms with Gasteiger partial charge in [0.15, 0.2) is 0 Å². The van der Waals surface area contributed by atoms with Gasteiger partial charge in [-0.1, -0.05) is 24.3 Å². The average Bonchev–Trinajstić information content (AvgIpc) is 2.90. The van der Waals surface area contributed by atoms with E-state index in [4.69, 9.17) is 4.42 Å². The van der Waals surface area contributed by atoms with Crippen LogP contribution in [-0.4, -0.2) is 6.54 Å². The van der Waals surface area contributed by atoms with Crippen molar-refractivity contribution in [2.24, 2.45) is 0 Å². The Bertz CT molecular complexity index is 521. The van der Waals surface area contributed by atoms with Crippen molar-refractivity contribution in [2.45, 2.75) is 32.0 Å². The molecular weight excluding hydrogens is 236 g/mol. The molecule has 3 rings (SSSR count). The molecule has 0 saturated heterocycles. The largest absolute Gasteiger partial charge is 0.468 e. The highest BCUT2D eigenvalue weighted by Crippen LogP contribution is 2.26. The number of furan rings is 1. The van der Waals surface area contributed by atoms with Crippen LogP contribution in [0.3, 0.4) is 0 Å². The van der Waals surface area contributed by atoms with Crippen LogP contribution in [0.15, 0.2) is 47.1 Å². The minimum absolute atomic E-state index is 0.228. The van der Waals surface area contributed by atoms with Gasteiger partial charge in [0.25, 0.3) is 0 Å². The third-order valence-corrected chi connectivity index (χ3v) is 3.78. The number of benzene rings is 1. The van der Waals surface area contributed by atoms with E-state index in [1.54, 1.807) is 6.26 Å². The molecular formula is C16H20N2O. The Morgan fingerprint density at radius 2 is 2.16 bits per heavy atom. The van der Waals surface area contributed by atoms with Crippen LogP contribution in [0, 0.1) is 0 Å². The molecule has 0 fully saturated rings. The molecule has 2 atom stereocenters. The van der Waals surface area contributed by atoms with Gasteiger partial charge in [0, 0.05) is 12.6 Å². The Balaban J connectivity index is 1.80. The first-order chi connectivity index (χ1) is 9.34. The highest BCUT2D eigenvalue weighted by molar-refractivity contribution is 5.31. The summed E-state index contributed by atoms with van der Waals surface area (Å²) in [5.41, 5.74) is 2.80. The zero-order valence-electron chi connectivity index (χ0n) is 11.2. The van der Waals surface area contributed by atoms with Crippen molar-refractivity contribution >= 4 is 0 Å². The maximum absolute atomic E-state index is 5.48. The maximum Gasteiger partial charge on any atom is 0.120 e. The van der Waals surface area contributed by atoms with Crippen molar-refractivity contribution in [3.63, 3.8) is 0 Å². The monoisotopic (exact) mass is 256 g/mol. The molecule has 0 saturated carbocycles. The number of nitrogens with one attached hydrogen (secondary N) is 2. The molecule has 1 aromatic carbocycles. The molecule has 1 unspecified atom stereocenters. The van der Waals surface area contributed by atoms with Gasteiger partial charge in [-0.15, -0.1) is 0 Å². The van der Waals surface area contributed by atoms with E-state index in [-0.39, 0.29) is 6.04 Å². The molecule has 1 aliphatic heterocycles. The summed E-state index contributed by atoms with van der Waals surface area (Å²) in [5, 5.41) is 7.16. The molecule has 19 heavy (non-hydrogen) atoms. The van der Waals surface area contributed by atoms with Gasteiger partial charge in [-0.3, -0.25) is 0 Å². The van der Waals surface area contributed by atoms with E-state index in [1.165, 1.54) is 11.1 Å². The van der Waals surface area contributed by atoms with Crippen LogP contribution in [0.25, 0.3) is 0 Å². The van der Waals surface area contributed by atoms with Gasteiger partial charge in [-0.2, -0.15) is 0 Å². The summed E-state index contributed by atoms with van der Waals surface area (Å²) in [6.45, 7) is 4.15. The molecule has 0 radical (unpaired) electrons. The lowest BCUT2D eigenvalue weighted by Gasteiger charge is -2.22. The fraction of sp³-hybridized carbons (Fsp3) is 0.375. The van der Waals surface area contributed by atoms with Crippen molar-refractivity contribution < 1.29 is 4.42 Å².